The van der Waals surface area contributed by atoms with E-state index in [-0.39, 0.29) is 17.1 Å². The monoisotopic (exact) mass is 401 g/mol. The molecule has 28 heavy (non-hydrogen) atoms. The number of benzene rings is 3. The maximum absolute atomic E-state index is 11.6. The van der Waals surface area contributed by atoms with E-state index >= 15 is 0 Å². The Morgan fingerprint density at radius 3 is 2.46 bits per heavy atom. The zero-order chi connectivity index (χ0) is 20.5. The van der Waals surface area contributed by atoms with E-state index < -0.39 is 25.7 Å². The molecule has 2 N–H and O–H groups in total. The third-order valence-electron chi connectivity index (χ3n) is 4.16. The lowest BCUT2D eigenvalue weighted by Gasteiger charge is -2.08. The fraction of sp³-hybridized carbons (Fsp3) is 0.111. The van der Waals surface area contributed by atoms with E-state index in [2.05, 4.69) is 10.2 Å². The van der Waals surface area contributed by atoms with Gasteiger partial charge in [-0.3, -0.25) is 14.7 Å². The smallest absolute Gasteiger partial charge is 0.298 e. The maximum Gasteiger partial charge on any atom is 0.298 e. The molecule has 0 radical (unpaired) electrons. The molecule has 0 bridgehead atoms. The highest BCUT2D eigenvalue weighted by Gasteiger charge is 2.21. The van der Waals surface area contributed by atoms with Crippen molar-refractivity contribution in [2.24, 2.45) is 10.2 Å². The first-order valence-electron chi connectivity index (χ1n) is 8.13. The van der Waals surface area contributed by atoms with Gasteiger partial charge in [0.2, 0.25) is 0 Å². The molecule has 144 valence electrons. The lowest BCUT2D eigenvalue weighted by molar-refractivity contribution is -0.384. The Hall–Kier alpha value is -3.37. The summed E-state index contributed by atoms with van der Waals surface area (Å²) in [6.07, 6.45) is 0.532. The molecule has 0 unspecified atom stereocenters. The predicted octanol–water partition coefficient (Wildman–Crippen LogP) is 4.68. The van der Waals surface area contributed by atoms with Gasteiger partial charge in [0.15, 0.2) is 5.75 Å². The van der Waals surface area contributed by atoms with Gasteiger partial charge in [-0.25, -0.2) is 0 Å². The van der Waals surface area contributed by atoms with Crippen LogP contribution in [0.1, 0.15) is 12.5 Å². The quantitative estimate of drug-likeness (QED) is 0.275. The van der Waals surface area contributed by atoms with Crippen LogP contribution in [0.25, 0.3) is 10.8 Å². The highest BCUT2D eigenvalue weighted by Crippen LogP contribution is 2.41. The summed E-state index contributed by atoms with van der Waals surface area (Å²) in [4.78, 5) is 9.75. The Morgan fingerprint density at radius 2 is 1.82 bits per heavy atom. The summed E-state index contributed by atoms with van der Waals surface area (Å²) >= 11 is 0. The number of nitrogens with zero attached hydrogens (tertiary/aromatic N) is 3. The number of aromatic hydroxyl groups is 1. The maximum atomic E-state index is 11.6. The third-order valence-corrected chi connectivity index (χ3v) is 5.02. The van der Waals surface area contributed by atoms with Gasteiger partial charge in [-0.1, -0.05) is 37.3 Å². The van der Waals surface area contributed by atoms with Crippen molar-refractivity contribution in [2.45, 2.75) is 18.2 Å². The van der Waals surface area contributed by atoms with Gasteiger partial charge in [-0.2, -0.15) is 8.42 Å². The van der Waals surface area contributed by atoms with E-state index in [4.69, 9.17) is 0 Å². The van der Waals surface area contributed by atoms with Gasteiger partial charge in [0.1, 0.15) is 10.6 Å². The molecule has 3 aromatic carbocycles. The van der Waals surface area contributed by atoms with E-state index in [1.165, 1.54) is 12.1 Å². The SMILES string of the molecule is CCc1ccc([N+](=O)[O-])cc1N=Nc1c(O)c(S(=O)(=O)O)cc2ccccc12. The van der Waals surface area contributed by atoms with E-state index in [0.29, 0.717) is 22.8 Å². The van der Waals surface area contributed by atoms with Crippen LogP contribution in [0.3, 0.4) is 0 Å². The number of aryl methyl sites for hydroxylation is 1. The molecule has 0 aromatic heterocycles. The summed E-state index contributed by atoms with van der Waals surface area (Å²) in [5.41, 5.74) is 0.563. The molecule has 0 spiro atoms. The van der Waals surface area contributed by atoms with E-state index in [1.54, 1.807) is 30.3 Å². The van der Waals surface area contributed by atoms with Gasteiger partial charge in [0.25, 0.3) is 15.8 Å². The van der Waals surface area contributed by atoms with Crippen LogP contribution in [-0.2, 0) is 16.5 Å². The predicted molar refractivity (Wildman–Crippen MR) is 102 cm³/mol. The second-order valence-electron chi connectivity index (χ2n) is 5.89. The average Bonchev–Trinajstić information content (AvgIpc) is 2.65. The molecule has 0 heterocycles. The number of hydrogen-bond acceptors (Lipinski definition) is 7. The van der Waals surface area contributed by atoms with Gasteiger partial charge in [-0.15, -0.1) is 10.2 Å². The average molecular weight is 401 g/mol. The van der Waals surface area contributed by atoms with Crippen molar-refractivity contribution in [3.63, 3.8) is 0 Å². The van der Waals surface area contributed by atoms with Crippen LogP contribution in [0.15, 0.2) is 63.7 Å². The Morgan fingerprint density at radius 1 is 1.11 bits per heavy atom. The number of azo groups is 1. The van der Waals surface area contributed by atoms with Crippen LogP contribution in [0.2, 0.25) is 0 Å². The van der Waals surface area contributed by atoms with Crippen molar-refractivity contribution in [1.29, 1.82) is 0 Å². The Balaban J connectivity index is 2.24. The summed E-state index contributed by atoms with van der Waals surface area (Å²) < 4.78 is 32.6. The molecule has 0 aliphatic heterocycles. The lowest BCUT2D eigenvalue weighted by Crippen LogP contribution is -1.98. The second-order valence-corrected chi connectivity index (χ2v) is 7.28. The molecule has 0 aliphatic carbocycles. The van der Waals surface area contributed by atoms with Crippen molar-refractivity contribution >= 4 is 38.0 Å². The van der Waals surface area contributed by atoms with Gasteiger partial charge in [0.05, 0.1) is 10.6 Å². The molecule has 9 nitrogen and oxygen atoms in total. The van der Waals surface area contributed by atoms with Crippen LogP contribution in [0.4, 0.5) is 17.1 Å². The van der Waals surface area contributed by atoms with Crippen LogP contribution < -0.4 is 0 Å². The van der Waals surface area contributed by atoms with Gasteiger partial charge in [0, 0.05) is 17.5 Å². The molecule has 0 fully saturated rings. The van der Waals surface area contributed by atoms with Crippen LogP contribution in [-0.4, -0.2) is 23.0 Å². The summed E-state index contributed by atoms with van der Waals surface area (Å²) in [6.45, 7) is 1.84. The summed E-state index contributed by atoms with van der Waals surface area (Å²) in [5.74, 6) is -0.756. The molecule has 3 rings (SSSR count). The Kier molecular flexibility index (Phi) is 5.08. The zero-order valence-corrected chi connectivity index (χ0v) is 15.4. The number of phenols is 1. The molecule has 0 saturated heterocycles. The first kappa shape index (κ1) is 19.4. The molecular formula is C18H15N3O6S. The van der Waals surface area contributed by atoms with E-state index in [0.717, 1.165) is 6.07 Å². The standard InChI is InChI=1S/C18H15N3O6S/c1-2-11-7-8-13(21(23)24)10-15(11)19-20-17-14-6-4-3-5-12(14)9-16(18(17)22)28(25,26)27/h3-10,22H,2H2,1H3,(H,25,26,27). The highest BCUT2D eigenvalue weighted by molar-refractivity contribution is 7.86. The first-order valence-corrected chi connectivity index (χ1v) is 9.57. The molecular weight excluding hydrogens is 386 g/mol. The number of nitro benzene ring substituents is 1. The minimum absolute atomic E-state index is 0.167. The number of rotatable bonds is 5. The summed E-state index contributed by atoms with van der Waals surface area (Å²) in [7, 11) is -4.70. The zero-order valence-electron chi connectivity index (χ0n) is 14.6. The molecule has 0 atom stereocenters. The van der Waals surface area contributed by atoms with E-state index in [9.17, 15) is 28.2 Å². The third kappa shape index (κ3) is 3.68. The number of hydrogen-bond donors (Lipinski definition) is 2. The first-order chi connectivity index (χ1) is 13.2. The minimum atomic E-state index is -4.70. The molecule has 0 saturated carbocycles. The molecule has 0 aliphatic rings. The van der Waals surface area contributed by atoms with Crippen molar-refractivity contribution < 1.29 is 23.0 Å². The number of non-ortho nitro benzene ring substituents is 1. The van der Waals surface area contributed by atoms with E-state index in [1.807, 2.05) is 6.92 Å². The van der Waals surface area contributed by atoms with Gasteiger partial charge < -0.3 is 5.11 Å². The Bertz CT molecular complexity index is 1220. The number of fused-ring (bicyclic) bond motifs is 1. The summed E-state index contributed by atoms with van der Waals surface area (Å²) in [6, 6.07) is 11.8. The second kappa shape index (κ2) is 7.33. The fourth-order valence-electron chi connectivity index (χ4n) is 2.75. The normalized spacial score (nSPS) is 11.9. The van der Waals surface area contributed by atoms with Crippen molar-refractivity contribution in [2.75, 3.05) is 0 Å². The fourth-order valence-corrected chi connectivity index (χ4v) is 3.37. The van der Waals surface area contributed by atoms with Crippen LogP contribution in [0.5, 0.6) is 5.75 Å². The van der Waals surface area contributed by atoms with Crippen molar-refractivity contribution in [3.05, 3.63) is 64.2 Å². The molecule has 3 aromatic rings. The number of phenolic OH excluding ortho intramolecular Hbond substituents is 1. The topological polar surface area (TPSA) is 142 Å². The number of nitro groups is 1. The summed E-state index contributed by atoms with van der Waals surface area (Å²) in [5, 5.41) is 30.2. The van der Waals surface area contributed by atoms with Crippen LogP contribution >= 0.6 is 0 Å². The highest BCUT2D eigenvalue weighted by atomic mass is 32.2. The largest absolute Gasteiger partial charge is 0.504 e. The Labute approximate surface area is 159 Å². The van der Waals surface area contributed by atoms with Crippen molar-refractivity contribution in [1.82, 2.24) is 0 Å². The van der Waals surface area contributed by atoms with Gasteiger partial charge >= 0.3 is 0 Å². The van der Waals surface area contributed by atoms with Gasteiger partial charge in [-0.05, 0) is 23.4 Å². The molecule has 10 heteroatoms. The minimum Gasteiger partial charge on any atom is -0.504 e. The molecule has 0 amide bonds. The van der Waals surface area contributed by atoms with Crippen LogP contribution in [0, 0.1) is 10.1 Å². The lowest BCUT2D eigenvalue weighted by atomic mass is 10.1. The van der Waals surface area contributed by atoms with Crippen molar-refractivity contribution in [3.8, 4) is 5.75 Å².